The van der Waals surface area contributed by atoms with Gasteiger partial charge in [0.2, 0.25) is 0 Å². The molecule has 0 saturated carbocycles. The first-order valence-corrected chi connectivity index (χ1v) is 31.2. The highest BCUT2D eigenvalue weighted by molar-refractivity contribution is 7.27. The van der Waals surface area contributed by atoms with Crippen molar-refractivity contribution in [2.75, 3.05) is 0 Å². The number of hydrogen-bond acceptors (Lipinski definition) is 2. The van der Waals surface area contributed by atoms with Crippen molar-refractivity contribution in [3.05, 3.63) is 303 Å². The fraction of sp³-hybridized carbons (Fsp3) is 0. The Kier molecular flexibility index (Phi) is 11.1. The number of hydrogen-bond donors (Lipinski definition) is 0. The van der Waals surface area contributed by atoms with E-state index in [1.165, 1.54) is 183 Å². The molecule has 86 heavy (non-hydrogen) atoms. The van der Waals surface area contributed by atoms with Crippen molar-refractivity contribution >= 4 is 128 Å². The number of benzene rings is 16. The smallest absolute Gasteiger partial charge is 0.0434 e. The third-order valence-electron chi connectivity index (χ3n) is 18.2. The van der Waals surface area contributed by atoms with E-state index in [1.807, 2.05) is 22.7 Å². The molecule has 2 heterocycles. The van der Waals surface area contributed by atoms with E-state index in [1.54, 1.807) is 0 Å². The van der Waals surface area contributed by atoms with Crippen LogP contribution in [0.15, 0.2) is 303 Å². The van der Waals surface area contributed by atoms with Crippen molar-refractivity contribution in [2.24, 2.45) is 0 Å². The first-order chi connectivity index (χ1) is 42.6. The summed E-state index contributed by atoms with van der Waals surface area (Å²) in [5, 5.41) is 20.5. The summed E-state index contributed by atoms with van der Waals surface area (Å²) in [5.41, 5.74) is 17.3. The Balaban J connectivity index is 0.758. The van der Waals surface area contributed by atoms with Gasteiger partial charge in [-0.1, -0.05) is 267 Å². The lowest BCUT2D eigenvalue weighted by molar-refractivity contribution is 1.61. The minimum atomic E-state index is 1.21. The molecule has 0 amide bonds. The second-order valence-electron chi connectivity index (χ2n) is 23.0. The van der Waals surface area contributed by atoms with Crippen LogP contribution in [0.5, 0.6) is 0 Å². The van der Waals surface area contributed by atoms with Crippen LogP contribution in [0.25, 0.3) is 183 Å². The lowest BCUT2D eigenvalue weighted by atomic mass is 9.89. The first-order valence-electron chi connectivity index (χ1n) is 29.6. The third-order valence-corrected chi connectivity index (χ3v) is 20.8. The van der Waals surface area contributed by atoms with Crippen LogP contribution >= 0.6 is 22.7 Å². The minimum Gasteiger partial charge on any atom is -0.134 e. The highest BCUT2D eigenvalue weighted by atomic mass is 32.1. The normalized spacial score (nSPS) is 12.0. The van der Waals surface area contributed by atoms with Gasteiger partial charge in [0.25, 0.3) is 0 Å². The average Bonchev–Trinajstić information content (AvgIpc) is 1.48. The van der Waals surface area contributed by atoms with Crippen LogP contribution < -0.4 is 0 Å². The molecule has 16 aromatic carbocycles. The fourth-order valence-corrected chi connectivity index (χ4v) is 16.9. The molecular formula is C84H50S2. The highest BCUT2D eigenvalue weighted by Crippen LogP contribution is 2.49. The summed E-state index contributed by atoms with van der Waals surface area (Å²) in [6.45, 7) is 0. The molecule has 18 aromatic rings. The SMILES string of the molecule is c1ccc(-c2ccc(-c3cccc4c3sc3c(-c5ccc6c7cc(-c8cc(-c9ccccc9)c9sc%10c(-c%11cccc(-c%12ccc%13c%14ccccc%14c%14ccccc%14c%13c%12)c%11)cccc%10c9c8)ccc7c7ccccc7c6c5)cccc34)cc2)cc1. The molecule has 18 rings (SSSR count). The van der Waals surface area contributed by atoms with Gasteiger partial charge in [0.15, 0.2) is 0 Å². The van der Waals surface area contributed by atoms with Crippen LogP contribution in [-0.2, 0) is 0 Å². The van der Waals surface area contributed by atoms with Crippen LogP contribution in [0.2, 0.25) is 0 Å². The molecule has 398 valence electrons. The highest BCUT2D eigenvalue weighted by Gasteiger charge is 2.20. The summed E-state index contributed by atoms with van der Waals surface area (Å²) in [5.74, 6) is 0. The van der Waals surface area contributed by atoms with E-state index < -0.39 is 0 Å². The van der Waals surface area contributed by atoms with E-state index in [0.29, 0.717) is 0 Å². The summed E-state index contributed by atoms with van der Waals surface area (Å²) in [4.78, 5) is 0. The van der Waals surface area contributed by atoms with Crippen LogP contribution in [0.4, 0.5) is 0 Å². The van der Waals surface area contributed by atoms with Crippen molar-refractivity contribution < 1.29 is 0 Å². The van der Waals surface area contributed by atoms with E-state index in [0.717, 1.165) is 0 Å². The molecule has 0 aliphatic rings. The molecule has 2 heteroatoms. The topological polar surface area (TPSA) is 0 Å². The monoisotopic (exact) mass is 1120 g/mol. The molecule has 0 saturated heterocycles. The maximum absolute atomic E-state index is 2.46. The predicted molar refractivity (Wildman–Crippen MR) is 375 cm³/mol. The summed E-state index contributed by atoms with van der Waals surface area (Å²) in [7, 11) is 0. The zero-order chi connectivity index (χ0) is 56.4. The number of rotatable bonds is 7. The van der Waals surface area contributed by atoms with E-state index in [-0.39, 0.29) is 0 Å². The molecule has 0 atom stereocenters. The molecule has 0 radical (unpaired) electrons. The van der Waals surface area contributed by atoms with Crippen molar-refractivity contribution in [3.63, 3.8) is 0 Å². The Morgan fingerprint density at radius 3 is 0.942 bits per heavy atom. The summed E-state index contributed by atoms with van der Waals surface area (Å²) >= 11 is 3.84. The molecule has 0 unspecified atom stereocenters. The second kappa shape index (κ2) is 19.6. The van der Waals surface area contributed by atoms with Crippen LogP contribution in [0.1, 0.15) is 0 Å². The van der Waals surface area contributed by atoms with E-state index in [4.69, 9.17) is 0 Å². The van der Waals surface area contributed by atoms with Crippen LogP contribution in [-0.4, -0.2) is 0 Å². The van der Waals surface area contributed by atoms with Gasteiger partial charge in [0, 0.05) is 45.9 Å². The largest absolute Gasteiger partial charge is 0.134 e. The number of thiophene rings is 2. The minimum absolute atomic E-state index is 1.21. The molecular weight excluding hydrogens is 1070 g/mol. The van der Waals surface area contributed by atoms with E-state index in [2.05, 4.69) is 303 Å². The summed E-state index contributed by atoms with van der Waals surface area (Å²) < 4.78 is 5.25. The summed E-state index contributed by atoms with van der Waals surface area (Å²) in [6, 6.07) is 113. The molecule has 0 aliphatic carbocycles. The molecule has 0 fully saturated rings. The Morgan fingerprint density at radius 2 is 0.407 bits per heavy atom. The molecule has 0 bridgehead atoms. The standard InChI is InChI=1S/C84H50S2/c1-3-17-51(18-4-1)52-35-37-54(38-36-52)61-29-14-32-73-74-33-15-31-63(82(74)85-81(61)73)59-41-44-72-78-47-57(40-43-71(78)67-26-10-12-28-69(67)79(72)48-59)60-49-76(53-19-5-2-6-20-53)84-80(50-60)75-34-16-30-62(83(75)86-84)58-22-13-21-55(45-58)56-39-42-70-66-25-8-7-23-64(66)65-24-9-11-27-68(65)77(70)46-56/h1-50H. The van der Waals surface area contributed by atoms with Crippen molar-refractivity contribution in [2.45, 2.75) is 0 Å². The van der Waals surface area contributed by atoms with E-state index in [9.17, 15) is 0 Å². The Morgan fingerprint density at radius 1 is 0.128 bits per heavy atom. The molecule has 0 nitrogen and oxygen atoms in total. The van der Waals surface area contributed by atoms with Gasteiger partial charge >= 0.3 is 0 Å². The molecule has 2 aromatic heterocycles. The molecule has 0 aliphatic heterocycles. The number of fused-ring (bicyclic) bond motifs is 18. The van der Waals surface area contributed by atoms with E-state index >= 15 is 0 Å². The molecule has 0 spiro atoms. The van der Waals surface area contributed by atoms with Crippen molar-refractivity contribution in [3.8, 4) is 77.9 Å². The van der Waals surface area contributed by atoms with Gasteiger partial charge in [-0.3, -0.25) is 0 Å². The average molecular weight is 1120 g/mol. The Hall–Kier alpha value is -10.5. The van der Waals surface area contributed by atoms with Gasteiger partial charge in [-0.15, -0.1) is 22.7 Å². The van der Waals surface area contributed by atoms with Gasteiger partial charge in [-0.25, -0.2) is 0 Å². The van der Waals surface area contributed by atoms with Crippen LogP contribution in [0, 0.1) is 0 Å². The maximum atomic E-state index is 2.46. The van der Waals surface area contributed by atoms with Crippen molar-refractivity contribution in [1.29, 1.82) is 0 Å². The lowest BCUT2D eigenvalue weighted by Crippen LogP contribution is -1.87. The quantitative estimate of drug-likeness (QED) is 0.140. The Labute approximate surface area is 505 Å². The van der Waals surface area contributed by atoms with Gasteiger partial charge in [-0.2, -0.15) is 0 Å². The fourth-order valence-electron chi connectivity index (χ4n) is 14.1. The van der Waals surface area contributed by atoms with Gasteiger partial charge < -0.3 is 0 Å². The predicted octanol–water partition coefficient (Wildman–Crippen LogP) is 25.0. The Bertz CT molecular complexity index is 5770. The van der Waals surface area contributed by atoms with Gasteiger partial charge in [0.05, 0.1) is 0 Å². The third kappa shape index (κ3) is 7.74. The lowest BCUT2D eigenvalue weighted by Gasteiger charge is -2.14. The van der Waals surface area contributed by atoms with Crippen LogP contribution in [0.3, 0.4) is 0 Å². The van der Waals surface area contributed by atoms with Gasteiger partial charge in [-0.05, 0) is 173 Å². The zero-order valence-electron chi connectivity index (χ0n) is 46.7. The van der Waals surface area contributed by atoms with Gasteiger partial charge in [0.1, 0.15) is 0 Å². The van der Waals surface area contributed by atoms with Crippen molar-refractivity contribution in [1.82, 2.24) is 0 Å². The molecule has 0 N–H and O–H groups in total. The maximum Gasteiger partial charge on any atom is 0.0434 e. The second-order valence-corrected chi connectivity index (χ2v) is 25.0. The first kappa shape index (κ1) is 49.0. The zero-order valence-corrected chi connectivity index (χ0v) is 48.3. The summed E-state index contributed by atoms with van der Waals surface area (Å²) in [6.07, 6.45) is 0.